The summed E-state index contributed by atoms with van der Waals surface area (Å²) in [5.41, 5.74) is 0. The van der Waals surface area contributed by atoms with Crippen LogP contribution in [-0.4, -0.2) is 20.8 Å². The maximum absolute atomic E-state index is 11.2. The molecule has 0 amide bonds. The molecule has 4 heteroatoms. The van der Waals surface area contributed by atoms with Gasteiger partial charge in [-0.05, 0) is 30.6 Å². The molecule has 3 unspecified atom stereocenters. The second kappa shape index (κ2) is 4.83. The summed E-state index contributed by atoms with van der Waals surface area (Å²) >= 11 is 0. The molecule has 1 aliphatic carbocycles. The van der Waals surface area contributed by atoms with Gasteiger partial charge in [0.15, 0.2) is 0 Å². The quantitative estimate of drug-likeness (QED) is 0.704. The van der Waals surface area contributed by atoms with E-state index in [0.717, 1.165) is 19.1 Å². The Morgan fingerprint density at radius 1 is 1.27 bits per heavy atom. The highest BCUT2D eigenvalue weighted by Crippen LogP contribution is 2.35. The van der Waals surface area contributed by atoms with Crippen molar-refractivity contribution in [3.63, 3.8) is 0 Å². The summed E-state index contributed by atoms with van der Waals surface area (Å²) in [6, 6.07) is 0. The molecule has 3 nitrogen and oxygen atoms in total. The van der Waals surface area contributed by atoms with E-state index in [2.05, 4.69) is 20.8 Å². The Bertz CT molecular complexity index is 295. The zero-order valence-electron chi connectivity index (χ0n) is 10.1. The van der Waals surface area contributed by atoms with Crippen LogP contribution < -0.4 is 0 Å². The number of hydrogen-bond donors (Lipinski definition) is 0. The van der Waals surface area contributed by atoms with Gasteiger partial charge in [-0.25, -0.2) is 0 Å². The normalized spacial score (nSPS) is 33.3. The van der Waals surface area contributed by atoms with Crippen LogP contribution in [0.15, 0.2) is 0 Å². The van der Waals surface area contributed by atoms with E-state index in [-0.39, 0.29) is 6.10 Å². The molecule has 0 spiro atoms. The molecule has 0 N–H and O–H groups in total. The lowest BCUT2D eigenvalue weighted by Crippen LogP contribution is -2.35. The van der Waals surface area contributed by atoms with E-state index in [1.54, 1.807) is 0 Å². The van der Waals surface area contributed by atoms with Gasteiger partial charge in [-0.3, -0.25) is 4.18 Å². The van der Waals surface area contributed by atoms with Crippen molar-refractivity contribution < 1.29 is 12.6 Å². The van der Waals surface area contributed by atoms with E-state index >= 15 is 0 Å². The molecule has 1 aliphatic rings. The standard InChI is InChI=1S/C11H22O3S/c1-8(2)10-6-5-9(3)7-11(10)14-15(4,12)13/h8-11H,5-7H2,1-4H3. The second-order valence-corrected chi connectivity index (χ2v) is 6.77. The molecular weight excluding hydrogens is 212 g/mol. The minimum absolute atomic E-state index is 0.108. The summed E-state index contributed by atoms with van der Waals surface area (Å²) in [6.07, 6.45) is 4.18. The molecule has 0 aromatic rings. The summed E-state index contributed by atoms with van der Waals surface area (Å²) in [5.74, 6) is 1.45. The molecule has 0 aromatic carbocycles. The maximum atomic E-state index is 11.2. The average molecular weight is 234 g/mol. The Kier molecular flexibility index (Phi) is 4.18. The largest absolute Gasteiger partial charge is 0.267 e. The Labute approximate surface area is 93.3 Å². The lowest BCUT2D eigenvalue weighted by molar-refractivity contribution is 0.0519. The van der Waals surface area contributed by atoms with Gasteiger partial charge in [0.2, 0.25) is 0 Å². The molecule has 1 saturated carbocycles. The fourth-order valence-electron chi connectivity index (χ4n) is 2.45. The molecular formula is C11H22O3S. The van der Waals surface area contributed by atoms with Crippen LogP contribution in [0.2, 0.25) is 0 Å². The highest BCUT2D eigenvalue weighted by Gasteiger charge is 2.33. The van der Waals surface area contributed by atoms with Crippen molar-refractivity contribution in [2.45, 2.75) is 46.1 Å². The van der Waals surface area contributed by atoms with Gasteiger partial charge in [-0.1, -0.05) is 27.2 Å². The molecule has 0 aliphatic heterocycles. The summed E-state index contributed by atoms with van der Waals surface area (Å²) in [6.45, 7) is 6.44. The van der Waals surface area contributed by atoms with Crippen LogP contribution in [0.5, 0.6) is 0 Å². The smallest absolute Gasteiger partial charge is 0.264 e. The molecule has 15 heavy (non-hydrogen) atoms. The Hall–Kier alpha value is -0.0900. The fourth-order valence-corrected chi connectivity index (χ4v) is 3.12. The van der Waals surface area contributed by atoms with Gasteiger partial charge >= 0.3 is 0 Å². The van der Waals surface area contributed by atoms with Crippen molar-refractivity contribution in [1.82, 2.24) is 0 Å². The van der Waals surface area contributed by atoms with Crippen molar-refractivity contribution in [1.29, 1.82) is 0 Å². The Morgan fingerprint density at radius 3 is 2.33 bits per heavy atom. The molecule has 3 atom stereocenters. The average Bonchev–Trinajstić information content (AvgIpc) is 1.99. The van der Waals surface area contributed by atoms with Gasteiger partial charge in [-0.15, -0.1) is 0 Å². The van der Waals surface area contributed by atoms with Crippen LogP contribution in [0.3, 0.4) is 0 Å². The van der Waals surface area contributed by atoms with Crippen LogP contribution >= 0.6 is 0 Å². The first kappa shape index (κ1) is 13.0. The molecule has 90 valence electrons. The zero-order valence-corrected chi connectivity index (χ0v) is 10.9. The van der Waals surface area contributed by atoms with Gasteiger partial charge in [0.05, 0.1) is 12.4 Å². The first-order chi connectivity index (χ1) is 6.79. The van der Waals surface area contributed by atoms with Gasteiger partial charge < -0.3 is 0 Å². The van der Waals surface area contributed by atoms with Crippen LogP contribution in [0.1, 0.15) is 40.0 Å². The highest BCUT2D eigenvalue weighted by atomic mass is 32.2. The van der Waals surface area contributed by atoms with E-state index in [4.69, 9.17) is 4.18 Å². The van der Waals surface area contributed by atoms with Crippen LogP contribution in [0.25, 0.3) is 0 Å². The zero-order chi connectivity index (χ0) is 11.6. The molecule has 0 radical (unpaired) electrons. The van der Waals surface area contributed by atoms with E-state index in [9.17, 15) is 8.42 Å². The first-order valence-corrected chi connectivity index (χ1v) is 7.49. The third-order valence-electron chi connectivity index (χ3n) is 3.26. The summed E-state index contributed by atoms with van der Waals surface area (Å²) in [4.78, 5) is 0. The Balaban J connectivity index is 2.70. The maximum Gasteiger partial charge on any atom is 0.264 e. The second-order valence-electron chi connectivity index (χ2n) is 5.16. The topological polar surface area (TPSA) is 43.4 Å². The highest BCUT2D eigenvalue weighted by molar-refractivity contribution is 7.86. The SMILES string of the molecule is CC1CCC(C(C)C)C(OS(C)(=O)=O)C1. The van der Waals surface area contributed by atoms with E-state index < -0.39 is 10.1 Å². The molecule has 0 heterocycles. The van der Waals surface area contributed by atoms with Crippen molar-refractivity contribution in [3.8, 4) is 0 Å². The third-order valence-corrected chi connectivity index (χ3v) is 3.86. The molecule has 0 saturated heterocycles. The first-order valence-electron chi connectivity index (χ1n) is 5.68. The van der Waals surface area contributed by atoms with E-state index in [1.165, 1.54) is 6.42 Å². The monoisotopic (exact) mass is 234 g/mol. The summed E-state index contributed by atoms with van der Waals surface area (Å²) in [7, 11) is -3.31. The van der Waals surface area contributed by atoms with Gasteiger partial charge in [0.1, 0.15) is 0 Å². The van der Waals surface area contributed by atoms with E-state index in [0.29, 0.717) is 17.8 Å². The van der Waals surface area contributed by atoms with Gasteiger partial charge in [0, 0.05) is 0 Å². The van der Waals surface area contributed by atoms with Crippen molar-refractivity contribution >= 4 is 10.1 Å². The molecule has 1 rings (SSSR count). The van der Waals surface area contributed by atoms with Crippen molar-refractivity contribution in [2.24, 2.45) is 17.8 Å². The van der Waals surface area contributed by atoms with Gasteiger partial charge in [-0.2, -0.15) is 8.42 Å². The minimum Gasteiger partial charge on any atom is -0.267 e. The third kappa shape index (κ3) is 4.11. The van der Waals surface area contributed by atoms with Crippen LogP contribution in [-0.2, 0) is 14.3 Å². The molecule has 0 aromatic heterocycles. The lowest BCUT2D eigenvalue weighted by Gasteiger charge is -2.36. The van der Waals surface area contributed by atoms with Crippen molar-refractivity contribution in [2.75, 3.05) is 6.26 Å². The predicted octanol–water partition coefficient (Wildman–Crippen LogP) is 2.42. The minimum atomic E-state index is -3.31. The Morgan fingerprint density at radius 2 is 1.87 bits per heavy atom. The van der Waals surface area contributed by atoms with Crippen LogP contribution in [0, 0.1) is 17.8 Å². The lowest BCUT2D eigenvalue weighted by atomic mass is 9.75. The van der Waals surface area contributed by atoms with Crippen LogP contribution in [0.4, 0.5) is 0 Å². The van der Waals surface area contributed by atoms with Crippen molar-refractivity contribution in [3.05, 3.63) is 0 Å². The molecule has 1 fully saturated rings. The molecule has 0 bridgehead atoms. The van der Waals surface area contributed by atoms with Gasteiger partial charge in [0.25, 0.3) is 10.1 Å². The summed E-state index contributed by atoms with van der Waals surface area (Å²) < 4.78 is 27.5. The number of hydrogen-bond acceptors (Lipinski definition) is 3. The van der Waals surface area contributed by atoms with E-state index in [1.807, 2.05) is 0 Å². The fraction of sp³-hybridized carbons (Fsp3) is 1.00. The number of rotatable bonds is 3. The predicted molar refractivity (Wildman–Crippen MR) is 61.1 cm³/mol. The summed E-state index contributed by atoms with van der Waals surface area (Å²) in [5, 5.41) is 0.